The molecule has 0 saturated carbocycles. The second-order valence-electron chi connectivity index (χ2n) is 6.04. The molecule has 0 aliphatic heterocycles. The second-order valence-corrected chi connectivity index (χ2v) is 6.04. The molecule has 1 atom stereocenters. The molecule has 0 amide bonds. The first-order chi connectivity index (χ1) is 12.5. The first-order valence-corrected chi connectivity index (χ1v) is 8.85. The number of pyridine rings is 1. The Labute approximate surface area is 154 Å². The fraction of sp³-hybridized carbons (Fsp3) is 0.381. The van der Waals surface area contributed by atoms with E-state index in [1.165, 1.54) is 7.11 Å². The molecule has 2 rings (SSSR count). The minimum Gasteiger partial charge on any atom is -0.465 e. The SMILES string of the molecule is CCC[C@H](C(=O)OCC)c1nc(C(=O)OC)cc(C)c1-c1ccccc1. The number of hydrogen-bond acceptors (Lipinski definition) is 5. The van der Waals surface area contributed by atoms with Crippen molar-refractivity contribution in [3.05, 3.63) is 53.3 Å². The molecule has 0 unspecified atom stereocenters. The van der Waals surface area contributed by atoms with Crippen molar-refractivity contribution in [3.8, 4) is 11.1 Å². The number of carbonyl (C=O) groups is 2. The normalized spacial score (nSPS) is 11.7. The molecule has 5 heteroatoms. The van der Waals surface area contributed by atoms with Gasteiger partial charge >= 0.3 is 11.9 Å². The molecule has 0 aliphatic rings. The van der Waals surface area contributed by atoms with Gasteiger partial charge in [0.15, 0.2) is 0 Å². The van der Waals surface area contributed by atoms with E-state index in [0.717, 1.165) is 23.1 Å². The number of aromatic nitrogens is 1. The Balaban J connectivity index is 2.70. The van der Waals surface area contributed by atoms with Gasteiger partial charge in [-0.1, -0.05) is 43.7 Å². The number of rotatable bonds is 7. The summed E-state index contributed by atoms with van der Waals surface area (Å²) in [6.45, 7) is 6.00. The van der Waals surface area contributed by atoms with E-state index in [-0.39, 0.29) is 11.7 Å². The van der Waals surface area contributed by atoms with Crippen molar-refractivity contribution in [2.45, 2.75) is 39.5 Å². The van der Waals surface area contributed by atoms with Crippen molar-refractivity contribution in [3.63, 3.8) is 0 Å². The summed E-state index contributed by atoms with van der Waals surface area (Å²) in [7, 11) is 1.32. The molecule has 0 bridgehead atoms. The molecule has 0 aliphatic carbocycles. The minimum absolute atomic E-state index is 0.199. The number of nitrogens with zero attached hydrogens (tertiary/aromatic N) is 1. The predicted molar refractivity (Wildman–Crippen MR) is 100 cm³/mol. The standard InChI is InChI=1S/C21H25NO4/c1-5-10-16(20(23)26-6-2)19-18(15-11-8-7-9-12-15)14(3)13-17(22-19)21(24)25-4/h7-9,11-13,16H,5-6,10H2,1-4H3/t16-/m0/s1. The summed E-state index contributed by atoms with van der Waals surface area (Å²) in [6.07, 6.45) is 1.39. The molecule has 0 saturated heterocycles. The molecule has 26 heavy (non-hydrogen) atoms. The first-order valence-electron chi connectivity index (χ1n) is 8.85. The van der Waals surface area contributed by atoms with Gasteiger partial charge in [-0.05, 0) is 37.5 Å². The number of methoxy groups -OCH3 is 1. The number of ether oxygens (including phenoxy) is 2. The highest BCUT2D eigenvalue weighted by Gasteiger charge is 2.28. The van der Waals surface area contributed by atoms with Gasteiger partial charge in [0, 0.05) is 5.56 Å². The average molecular weight is 355 g/mol. The summed E-state index contributed by atoms with van der Waals surface area (Å²) in [5, 5.41) is 0. The lowest BCUT2D eigenvalue weighted by molar-refractivity contribution is -0.145. The maximum absolute atomic E-state index is 12.6. The smallest absolute Gasteiger partial charge is 0.356 e. The minimum atomic E-state index is -0.529. The van der Waals surface area contributed by atoms with E-state index in [0.29, 0.717) is 18.7 Å². The van der Waals surface area contributed by atoms with Gasteiger partial charge < -0.3 is 9.47 Å². The summed E-state index contributed by atoms with van der Waals surface area (Å²) in [6, 6.07) is 11.5. The highest BCUT2D eigenvalue weighted by atomic mass is 16.5. The van der Waals surface area contributed by atoms with Crippen molar-refractivity contribution >= 4 is 11.9 Å². The summed E-state index contributed by atoms with van der Waals surface area (Å²) >= 11 is 0. The van der Waals surface area contributed by atoms with E-state index in [9.17, 15) is 9.59 Å². The number of carbonyl (C=O) groups excluding carboxylic acids is 2. The summed E-state index contributed by atoms with van der Waals surface area (Å²) < 4.78 is 10.1. The fourth-order valence-corrected chi connectivity index (χ4v) is 3.04. The van der Waals surface area contributed by atoms with E-state index >= 15 is 0 Å². The lowest BCUT2D eigenvalue weighted by Crippen LogP contribution is -2.20. The van der Waals surface area contributed by atoms with Crippen LogP contribution < -0.4 is 0 Å². The van der Waals surface area contributed by atoms with Crippen molar-refractivity contribution in [2.75, 3.05) is 13.7 Å². The fourth-order valence-electron chi connectivity index (χ4n) is 3.04. The van der Waals surface area contributed by atoms with Crippen LogP contribution in [0.3, 0.4) is 0 Å². The van der Waals surface area contributed by atoms with Gasteiger partial charge in [-0.15, -0.1) is 0 Å². The maximum Gasteiger partial charge on any atom is 0.356 e. The highest BCUT2D eigenvalue weighted by molar-refractivity contribution is 5.90. The molecule has 138 valence electrons. The van der Waals surface area contributed by atoms with E-state index in [1.807, 2.05) is 44.2 Å². The molecular weight excluding hydrogens is 330 g/mol. The van der Waals surface area contributed by atoms with Gasteiger partial charge in [-0.25, -0.2) is 9.78 Å². The largest absolute Gasteiger partial charge is 0.465 e. The molecule has 1 heterocycles. The molecule has 0 spiro atoms. The molecule has 1 aromatic heterocycles. The van der Waals surface area contributed by atoms with Crippen LogP contribution in [0, 0.1) is 6.92 Å². The third-order valence-corrected chi connectivity index (χ3v) is 4.18. The highest BCUT2D eigenvalue weighted by Crippen LogP contribution is 2.34. The van der Waals surface area contributed by atoms with Crippen molar-refractivity contribution in [1.29, 1.82) is 0 Å². The van der Waals surface area contributed by atoms with E-state index in [4.69, 9.17) is 9.47 Å². The summed E-state index contributed by atoms with van der Waals surface area (Å²) in [4.78, 5) is 29.2. The predicted octanol–water partition coefficient (Wildman–Crippen LogP) is 4.29. The zero-order valence-electron chi connectivity index (χ0n) is 15.7. The van der Waals surface area contributed by atoms with E-state index in [2.05, 4.69) is 4.98 Å². The second kappa shape index (κ2) is 9.13. The van der Waals surface area contributed by atoms with Gasteiger partial charge in [-0.3, -0.25) is 4.79 Å². The van der Waals surface area contributed by atoms with Crippen LogP contribution in [-0.4, -0.2) is 30.6 Å². The quantitative estimate of drug-likeness (QED) is 0.693. The van der Waals surface area contributed by atoms with Crippen molar-refractivity contribution in [2.24, 2.45) is 0 Å². The Bertz CT molecular complexity index is 771. The van der Waals surface area contributed by atoms with Crippen molar-refractivity contribution in [1.82, 2.24) is 4.98 Å². The van der Waals surface area contributed by atoms with Crippen LogP contribution in [0.1, 0.15) is 54.4 Å². The molecule has 5 nitrogen and oxygen atoms in total. The molecule has 0 N–H and O–H groups in total. The number of aryl methyl sites for hydroxylation is 1. The first kappa shape index (κ1) is 19.6. The lowest BCUT2D eigenvalue weighted by atomic mass is 9.89. The van der Waals surface area contributed by atoms with Crippen LogP contribution in [0.4, 0.5) is 0 Å². The van der Waals surface area contributed by atoms with Crippen LogP contribution in [-0.2, 0) is 14.3 Å². The molecule has 0 radical (unpaired) electrons. The Morgan fingerprint density at radius 1 is 1.15 bits per heavy atom. The van der Waals surface area contributed by atoms with Crippen molar-refractivity contribution < 1.29 is 19.1 Å². The van der Waals surface area contributed by atoms with Crippen LogP contribution >= 0.6 is 0 Å². The summed E-state index contributed by atoms with van der Waals surface area (Å²) in [5.74, 6) is -1.37. The van der Waals surface area contributed by atoms with Gasteiger partial charge in [0.2, 0.25) is 0 Å². The van der Waals surface area contributed by atoms with Gasteiger partial charge in [0.25, 0.3) is 0 Å². The zero-order valence-corrected chi connectivity index (χ0v) is 15.7. The van der Waals surface area contributed by atoms with Gasteiger partial charge in [-0.2, -0.15) is 0 Å². The average Bonchev–Trinajstić information content (AvgIpc) is 2.65. The monoisotopic (exact) mass is 355 g/mol. The Kier molecular flexibility index (Phi) is 6.89. The van der Waals surface area contributed by atoms with Crippen LogP contribution in [0.15, 0.2) is 36.4 Å². The Morgan fingerprint density at radius 2 is 1.85 bits per heavy atom. The number of benzene rings is 1. The van der Waals surface area contributed by atoms with Gasteiger partial charge in [0.1, 0.15) is 5.69 Å². The van der Waals surface area contributed by atoms with Crippen LogP contribution in [0.25, 0.3) is 11.1 Å². The molecule has 1 aromatic carbocycles. The Hall–Kier alpha value is -2.69. The molecule has 0 fully saturated rings. The third kappa shape index (κ3) is 4.28. The lowest BCUT2D eigenvalue weighted by Gasteiger charge is -2.20. The Morgan fingerprint density at radius 3 is 2.42 bits per heavy atom. The number of esters is 2. The zero-order chi connectivity index (χ0) is 19.1. The summed E-state index contributed by atoms with van der Waals surface area (Å²) in [5.41, 5.74) is 3.45. The van der Waals surface area contributed by atoms with Gasteiger partial charge in [0.05, 0.1) is 25.3 Å². The topological polar surface area (TPSA) is 65.5 Å². The molecule has 2 aromatic rings. The molecular formula is C21H25NO4. The van der Waals surface area contributed by atoms with E-state index < -0.39 is 11.9 Å². The third-order valence-electron chi connectivity index (χ3n) is 4.18. The maximum atomic E-state index is 12.6. The van der Waals surface area contributed by atoms with Crippen LogP contribution in [0.2, 0.25) is 0 Å². The van der Waals surface area contributed by atoms with E-state index in [1.54, 1.807) is 13.0 Å². The van der Waals surface area contributed by atoms with Crippen LogP contribution in [0.5, 0.6) is 0 Å². The number of hydrogen-bond donors (Lipinski definition) is 0.